The van der Waals surface area contributed by atoms with Crippen LogP contribution in [0.25, 0.3) is 110 Å². The summed E-state index contributed by atoms with van der Waals surface area (Å²) in [4.78, 5) is 4.76. The van der Waals surface area contributed by atoms with Crippen LogP contribution in [0.4, 0.5) is 34.1 Å². The number of rotatable bonds is 10. The van der Waals surface area contributed by atoms with Gasteiger partial charge < -0.3 is 18.6 Å². The van der Waals surface area contributed by atoms with Crippen molar-refractivity contribution >= 4 is 99.5 Å². The molecule has 13 aromatic carbocycles. The first-order valence-corrected chi connectivity index (χ1v) is 26.5. The molecule has 4 nitrogen and oxygen atoms in total. The van der Waals surface area contributed by atoms with Gasteiger partial charge >= 0.3 is 0 Å². The van der Waals surface area contributed by atoms with Crippen molar-refractivity contribution in [3.05, 3.63) is 291 Å². The Morgan fingerprint density at radius 2 is 0.577 bits per heavy atom. The summed E-state index contributed by atoms with van der Waals surface area (Å²) in [5, 5.41) is 8.57. The summed E-state index contributed by atoms with van der Waals surface area (Å²) in [6, 6.07) is 104. The highest BCUT2D eigenvalue weighted by Crippen LogP contribution is 2.47. The Hall–Kier alpha value is -10.4. The van der Waals surface area contributed by atoms with Crippen LogP contribution in [-0.4, -0.2) is 0 Å². The van der Waals surface area contributed by atoms with Gasteiger partial charge in [-0.15, -0.1) is 0 Å². The zero-order valence-corrected chi connectivity index (χ0v) is 42.4. The van der Waals surface area contributed by atoms with Crippen molar-refractivity contribution in [1.82, 2.24) is 0 Å². The number of benzene rings is 13. The Morgan fingerprint density at radius 1 is 0.218 bits per heavy atom. The molecule has 0 radical (unpaired) electrons. The number of hydrogen-bond acceptors (Lipinski definition) is 4. The maximum atomic E-state index is 6.94. The second-order valence-electron chi connectivity index (χ2n) is 20.1. The lowest BCUT2D eigenvalue weighted by Crippen LogP contribution is -2.11. The third-order valence-electron chi connectivity index (χ3n) is 15.4. The molecule has 0 amide bonds. The van der Waals surface area contributed by atoms with Gasteiger partial charge in [0.2, 0.25) is 0 Å². The molecule has 4 heteroatoms. The van der Waals surface area contributed by atoms with Gasteiger partial charge in [-0.25, -0.2) is 0 Å². The van der Waals surface area contributed by atoms with Gasteiger partial charge in [0, 0.05) is 55.4 Å². The van der Waals surface area contributed by atoms with Crippen LogP contribution in [0.1, 0.15) is 0 Å². The maximum absolute atomic E-state index is 6.94. The van der Waals surface area contributed by atoms with Crippen molar-refractivity contribution in [2.45, 2.75) is 0 Å². The summed E-state index contributed by atoms with van der Waals surface area (Å²) in [6.07, 6.45) is 0. The Morgan fingerprint density at radius 3 is 0.962 bits per heavy atom. The van der Waals surface area contributed by atoms with Gasteiger partial charge in [-0.2, -0.15) is 0 Å². The first-order valence-electron chi connectivity index (χ1n) is 26.5. The van der Waals surface area contributed by atoms with Crippen LogP contribution < -0.4 is 9.80 Å². The minimum Gasteiger partial charge on any atom is -0.452 e. The third-order valence-corrected chi connectivity index (χ3v) is 15.4. The Kier molecular flexibility index (Phi) is 10.8. The first kappa shape index (κ1) is 45.0. The lowest BCUT2D eigenvalue weighted by atomic mass is 9.96. The summed E-state index contributed by atoms with van der Waals surface area (Å²) in [5.74, 6) is 0. The van der Waals surface area contributed by atoms with Crippen LogP contribution >= 0.6 is 0 Å². The molecular formula is C74H48N2O2. The predicted octanol–water partition coefficient (Wildman–Crippen LogP) is 21.4. The number of hydrogen-bond donors (Lipinski definition) is 0. The smallest absolute Gasteiger partial charge is 0.178 e. The van der Waals surface area contributed by atoms with E-state index in [9.17, 15) is 0 Å². The van der Waals surface area contributed by atoms with Gasteiger partial charge in [0.25, 0.3) is 0 Å². The largest absolute Gasteiger partial charge is 0.452 e. The second kappa shape index (κ2) is 18.7. The molecule has 78 heavy (non-hydrogen) atoms. The molecule has 366 valence electrons. The van der Waals surface area contributed by atoms with E-state index in [4.69, 9.17) is 8.83 Å². The first-order chi connectivity index (χ1) is 38.6. The molecule has 15 aromatic rings. The summed E-state index contributed by atoms with van der Waals surface area (Å²) >= 11 is 0. The monoisotopic (exact) mass is 996 g/mol. The minimum absolute atomic E-state index is 0.747. The standard InChI is InChI=1S/C74H48N2O2/c1-7-19-49(20-8-1)55-33-37-63(51-23-11-3-12-24-51)69(45-55)75(59-27-15-5-16-28-59)61-35-31-53-43-67-65-39-40-66-68-44-54-32-36-62(42-58(54)48-72(68)78-74(66)73(65)77-71(67)47-57(53)41-61)76(60-29-17-6-18-30-60)70-46-56(50-21-9-2-10-22-50)34-38-64(70)52-25-13-4-14-26-52/h1-48H. The van der Waals surface area contributed by atoms with Crippen LogP contribution in [0.3, 0.4) is 0 Å². The topological polar surface area (TPSA) is 32.8 Å². The van der Waals surface area contributed by atoms with E-state index in [-0.39, 0.29) is 0 Å². The molecule has 15 rings (SSSR count). The highest BCUT2D eigenvalue weighted by Gasteiger charge is 2.23. The quantitative estimate of drug-likeness (QED) is 0.137. The molecular weight excluding hydrogens is 949 g/mol. The summed E-state index contributed by atoms with van der Waals surface area (Å²) < 4.78 is 13.9. The van der Waals surface area contributed by atoms with Gasteiger partial charge in [-0.05, 0) is 152 Å². The zero-order chi connectivity index (χ0) is 51.5. The van der Waals surface area contributed by atoms with Crippen LogP contribution in [0.15, 0.2) is 300 Å². The summed E-state index contributed by atoms with van der Waals surface area (Å²) in [6.45, 7) is 0. The summed E-state index contributed by atoms with van der Waals surface area (Å²) in [5.41, 5.74) is 18.8. The Balaban J connectivity index is 0.850. The van der Waals surface area contributed by atoms with E-state index >= 15 is 0 Å². The molecule has 0 bridgehead atoms. The van der Waals surface area contributed by atoms with Crippen molar-refractivity contribution in [2.24, 2.45) is 0 Å². The van der Waals surface area contributed by atoms with Crippen molar-refractivity contribution in [2.75, 3.05) is 9.80 Å². The normalized spacial score (nSPS) is 11.6. The van der Waals surface area contributed by atoms with Gasteiger partial charge in [-0.1, -0.05) is 194 Å². The van der Waals surface area contributed by atoms with Crippen molar-refractivity contribution < 1.29 is 8.83 Å². The van der Waals surface area contributed by atoms with E-state index in [0.29, 0.717) is 0 Å². The minimum atomic E-state index is 0.747. The molecule has 2 aromatic heterocycles. The molecule has 0 aliphatic heterocycles. The molecule has 0 saturated carbocycles. The molecule has 0 spiro atoms. The molecule has 0 N–H and O–H groups in total. The highest BCUT2D eigenvalue weighted by molar-refractivity contribution is 6.21. The number of para-hydroxylation sites is 2. The molecule has 0 fully saturated rings. The fourth-order valence-electron chi connectivity index (χ4n) is 11.6. The van der Waals surface area contributed by atoms with Gasteiger partial charge in [0.15, 0.2) is 11.2 Å². The fourth-order valence-corrected chi connectivity index (χ4v) is 11.6. The molecule has 2 heterocycles. The highest BCUT2D eigenvalue weighted by atomic mass is 16.4. The van der Waals surface area contributed by atoms with Crippen LogP contribution in [-0.2, 0) is 0 Å². The molecule has 0 aliphatic carbocycles. The Labute approximate surface area is 451 Å². The molecule has 0 unspecified atom stereocenters. The number of fused-ring (bicyclic) bond motifs is 9. The number of nitrogens with zero attached hydrogens (tertiary/aromatic N) is 2. The van der Waals surface area contributed by atoms with Gasteiger partial charge in [0.1, 0.15) is 11.2 Å². The van der Waals surface area contributed by atoms with Crippen LogP contribution in [0.2, 0.25) is 0 Å². The zero-order valence-electron chi connectivity index (χ0n) is 42.4. The molecule has 0 saturated heterocycles. The van der Waals surface area contributed by atoms with E-state index in [0.717, 1.165) is 133 Å². The van der Waals surface area contributed by atoms with E-state index in [1.165, 1.54) is 11.1 Å². The lowest BCUT2D eigenvalue weighted by molar-refractivity contribution is 0.634. The average molecular weight is 997 g/mol. The Bertz CT molecular complexity index is 4400. The second-order valence-corrected chi connectivity index (χ2v) is 20.1. The predicted molar refractivity (Wildman–Crippen MR) is 327 cm³/mol. The average Bonchev–Trinajstić information content (AvgIpc) is 4.28. The van der Waals surface area contributed by atoms with Crippen LogP contribution in [0.5, 0.6) is 0 Å². The van der Waals surface area contributed by atoms with E-state index in [1.807, 2.05) is 0 Å². The lowest BCUT2D eigenvalue weighted by Gasteiger charge is -2.29. The van der Waals surface area contributed by atoms with Gasteiger partial charge in [0.05, 0.1) is 11.4 Å². The fraction of sp³-hybridized carbons (Fsp3) is 0. The van der Waals surface area contributed by atoms with E-state index in [1.54, 1.807) is 0 Å². The van der Waals surface area contributed by atoms with Crippen LogP contribution in [0, 0.1) is 0 Å². The molecule has 0 atom stereocenters. The SMILES string of the molecule is c1ccc(-c2ccc(-c3ccccc3)c(N(c3ccccc3)c3ccc4cc5c(cc4c3)oc3c5ccc4c5cc6ccc(N(c7ccccc7)c7cc(-c8ccccc8)ccc7-c7ccccc7)cc6cc5oc43)c2)cc1. The van der Waals surface area contributed by atoms with Crippen molar-refractivity contribution in [1.29, 1.82) is 0 Å². The van der Waals surface area contributed by atoms with Crippen molar-refractivity contribution in [3.63, 3.8) is 0 Å². The maximum Gasteiger partial charge on any atom is 0.178 e. The van der Waals surface area contributed by atoms with Gasteiger partial charge in [-0.3, -0.25) is 0 Å². The molecule has 0 aliphatic rings. The number of furan rings is 2. The summed E-state index contributed by atoms with van der Waals surface area (Å²) in [7, 11) is 0. The van der Waals surface area contributed by atoms with Crippen molar-refractivity contribution in [3.8, 4) is 44.5 Å². The van der Waals surface area contributed by atoms with E-state index in [2.05, 4.69) is 301 Å². The number of anilines is 6. The third kappa shape index (κ3) is 7.86. The van der Waals surface area contributed by atoms with E-state index < -0.39 is 0 Å².